The van der Waals surface area contributed by atoms with E-state index in [1.807, 2.05) is 19.9 Å². The summed E-state index contributed by atoms with van der Waals surface area (Å²) in [7, 11) is 3.83. The van der Waals surface area contributed by atoms with Gasteiger partial charge in [0.1, 0.15) is 5.75 Å². The van der Waals surface area contributed by atoms with E-state index in [1.165, 1.54) is 0 Å². The normalized spacial score (nSPS) is 19.1. The minimum Gasteiger partial charge on any atom is -0.496 e. The summed E-state index contributed by atoms with van der Waals surface area (Å²) >= 11 is 0. The molecule has 0 saturated carbocycles. The monoisotopic (exact) mass is 278 g/mol. The Morgan fingerprint density at radius 3 is 2.40 bits per heavy atom. The molecule has 20 heavy (non-hydrogen) atoms. The molecular weight excluding hydrogens is 252 g/mol. The van der Waals surface area contributed by atoms with Crippen molar-refractivity contribution in [2.24, 2.45) is 0 Å². The van der Waals surface area contributed by atoms with Crippen molar-refractivity contribution in [3.05, 3.63) is 28.8 Å². The van der Waals surface area contributed by atoms with Crippen molar-refractivity contribution in [3.8, 4) is 5.75 Å². The Bertz CT molecular complexity index is 454. The highest BCUT2D eigenvalue weighted by atomic mass is 16.5. The molecule has 0 aliphatic carbocycles. The second kappa shape index (κ2) is 6.57. The Balaban J connectivity index is 2.05. The lowest BCUT2D eigenvalue weighted by Gasteiger charge is -2.33. The molecule has 1 aliphatic heterocycles. The van der Waals surface area contributed by atoms with Crippen LogP contribution < -0.4 is 4.74 Å². The predicted molar refractivity (Wildman–Crippen MR) is 81.4 cm³/mol. The average Bonchev–Trinajstić information content (AvgIpc) is 2.43. The number of methoxy groups -OCH3 is 1. The number of likely N-dealkylation sites (N-methyl/N-ethyl adjacent to an activating group) is 1. The summed E-state index contributed by atoms with van der Waals surface area (Å²) in [5.41, 5.74) is 3.18. The van der Waals surface area contributed by atoms with E-state index in [0.29, 0.717) is 6.54 Å². The molecule has 0 spiro atoms. The Morgan fingerprint density at radius 1 is 1.15 bits per heavy atom. The van der Waals surface area contributed by atoms with Crippen LogP contribution in [-0.2, 0) is 0 Å². The summed E-state index contributed by atoms with van der Waals surface area (Å²) < 4.78 is 5.32. The van der Waals surface area contributed by atoms with E-state index in [0.717, 1.165) is 48.6 Å². The maximum atomic E-state index is 10.5. The number of hydrogen-bond acceptors (Lipinski definition) is 4. The number of aliphatic hydroxyl groups is 1. The molecule has 1 heterocycles. The maximum Gasteiger partial charge on any atom is 0.122 e. The van der Waals surface area contributed by atoms with Crippen LogP contribution in [0.1, 0.15) is 22.8 Å². The molecule has 1 atom stereocenters. The largest absolute Gasteiger partial charge is 0.496 e. The van der Waals surface area contributed by atoms with E-state index >= 15 is 0 Å². The Kier molecular flexibility index (Phi) is 5.02. The van der Waals surface area contributed by atoms with Gasteiger partial charge in [0, 0.05) is 32.7 Å². The second-order valence-electron chi connectivity index (χ2n) is 5.80. The van der Waals surface area contributed by atoms with Crippen molar-refractivity contribution in [2.75, 3.05) is 46.9 Å². The maximum absolute atomic E-state index is 10.5. The zero-order chi connectivity index (χ0) is 14.7. The fraction of sp³-hybridized carbons (Fsp3) is 0.625. The van der Waals surface area contributed by atoms with Gasteiger partial charge in [-0.3, -0.25) is 4.90 Å². The van der Waals surface area contributed by atoms with Gasteiger partial charge in [-0.15, -0.1) is 0 Å². The van der Waals surface area contributed by atoms with Gasteiger partial charge in [0.15, 0.2) is 0 Å². The van der Waals surface area contributed by atoms with E-state index in [1.54, 1.807) is 7.11 Å². The first-order valence-electron chi connectivity index (χ1n) is 7.25. The van der Waals surface area contributed by atoms with Crippen molar-refractivity contribution in [2.45, 2.75) is 20.0 Å². The van der Waals surface area contributed by atoms with Gasteiger partial charge in [0.05, 0.1) is 13.2 Å². The van der Waals surface area contributed by atoms with Crippen LogP contribution in [0.5, 0.6) is 5.75 Å². The molecule has 1 aliphatic rings. The molecule has 1 saturated heterocycles. The van der Waals surface area contributed by atoms with E-state index in [2.05, 4.69) is 22.9 Å². The third-order valence-corrected chi connectivity index (χ3v) is 4.17. The van der Waals surface area contributed by atoms with Gasteiger partial charge in [0.25, 0.3) is 0 Å². The van der Waals surface area contributed by atoms with Gasteiger partial charge in [0.2, 0.25) is 0 Å². The molecule has 1 aromatic carbocycles. The van der Waals surface area contributed by atoms with Gasteiger partial charge < -0.3 is 14.7 Å². The van der Waals surface area contributed by atoms with Gasteiger partial charge >= 0.3 is 0 Å². The predicted octanol–water partition coefficient (Wildman–Crippen LogP) is 1.59. The molecule has 1 fully saturated rings. The van der Waals surface area contributed by atoms with Crippen molar-refractivity contribution in [3.63, 3.8) is 0 Å². The first-order chi connectivity index (χ1) is 9.51. The molecule has 112 valence electrons. The Hall–Kier alpha value is -1.10. The number of nitrogens with zero attached hydrogens (tertiary/aromatic N) is 2. The van der Waals surface area contributed by atoms with Crippen molar-refractivity contribution in [1.82, 2.24) is 9.80 Å². The lowest BCUT2D eigenvalue weighted by Crippen LogP contribution is -2.45. The molecule has 4 nitrogen and oxygen atoms in total. The molecule has 0 bridgehead atoms. The number of aryl methyl sites for hydroxylation is 2. The third-order valence-electron chi connectivity index (χ3n) is 4.17. The van der Waals surface area contributed by atoms with Crippen molar-refractivity contribution < 1.29 is 9.84 Å². The van der Waals surface area contributed by atoms with Gasteiger partial charge in [-0.25, -0.2) is 0 Å². The highest BCUT2D eigenvalue weighted by Crippen LogP contribution is 2.27. The van der Waals surface area contributed by atoms with Crippen LogP contribution >= 0.6 is 0 Å². The number of aliphatic hydroxyl groups excluding tert-OH is 1. The van der Waals surface area contributed by atoms with Gasteiger partial charge in [-0.1, -0.05) is 0 Å². The Morgan fingerprint density at radius 2 is 1.80 bits per heavy atom. The number of β-amino-alcohol motifs (C(OH)–C–C–N with tert-alkyl or cyclic N) is 1. The molecule has 2 rings (SSSR count). The fourth-order valence-corrected chi connectivity index (χ4v) is 2.76. The zero-order valence-electron chi connectivity index (χ0n) is 13.0. The molecule has 4 heteroatoms. The van der Waals surface area contributed by atoms with E-state index in [9.17, 15) is 5.11 Å². The highest BCUT2D eigenvalue weighted by molar-refractivity contribution is 5.42. The molecule has 1 N–H and O–H groups in total. The molecule has 0 aromatic heterocycles. The summed E-state index contributed by atoms with van der Waals surface area (Å²) in [4.78, 5) is 4.66. The molecule has 0 amide bonds. The lowest BCUT2D eigenvalue weighted by atomic mass is 9.99. The SMILES string of the molecule is COc1cc(C)c(C(O)CN2CCN(C)CC2)cc1C. The first kappa shape index (κ1) is 15.3. The van der Waals surface area contributed by atoms with E-state index in [4.69, 9.17) is 4.74 Å². The van der Waals surface area contributed by atoms with E-state index < -0.39 is 6.10 Å². The van der Waals surface area contributed by atoms with Crippen LogP contribution in [0.4, 0.5) is 0 Å². The smallest absolute Gasteiger partial charge is 0.122 e. The van der Waals surface area contributed by atoms with Crippen LogP contribution in [0.15, 0.2) is 12.1 Å². The number of piperazine rings is 1. The number of ether oxygens (including phenoxy) is 1. The molecule has 0 radical (unpaired) electrons. The standard InChI is InChI=1S/C16H26N2O2/c1-12-10-16(20-4)13(2)9-14(12)15(19)11-18-7-5-17(3)6-8-18/h9-10,15,19H,5-8,11H2,1-4H3. The van der Waals surface area contributed by atoms with Gasteiger partial charge in [-0.2, -0.15) is 0 Å². The topological polar surface area (TPSA) is 35.9 Å². The number of rotatable bonds is 4. The quantitative estimate of drug-likeness (QED) is 0.907. The summed E-state index contributed by atoms with van der Waals surface area (Å²) in [5, 5.41) is 10.5. The van der Waals surface area contributed by atoms with Crippen LogP contribution in [0.2, 0.25) is 0 Å². The van der Waals surface area contributed by atoms with Crippen molar-refractivity contribution >= 4 is 0 Å². The molecular formula is C16H26N2O2. The highest BCUT2D eigenvalue weighted by Gasteiger charge is 2.19. The fourth-order valence-electron chi connectivity index (χ4n) is 2.76. The van der Waals surface area contributed by atoms with Crippen LogP contribution in [-0.4, -0.2) is 61.8 Å². The lowest BCUT2D eigenvalue weighted by molar-refractivity contribution is 0.0801. The summed E-state index contributed by atoms with van der Waals surface area (Å²) in [6.07, 6.45) is -0.428. The average molecular weight is 278 g/mol. The summed E-state index contributed by atoms with van der Waals surface area (Å²) in [6, 6.07) is 4.06. The molecule has 1 aromatic rings. The summed E-state index contributed by atoms with van der Waals surface area (Å²) in [5.74, 6) is 0.887. The van der Waals surface area contributed by atoms with Gasteiger partial charge in [-0.05, 0) is 49.7 Å². The zero-order valence-corrected chi connectivity index (χ0v) is 13.0. The third kappa shape index (κ3) is 3.51. The number of hydrogen-bond donors (Lipinski definition) is 1. The van der Waals surface area contributed by atoms with Crippen LogP contribution in [0.3, 0.4) is 0 Å². The Labute approximate surface area is 122 Å². The van der Waals surface area contributed by atoms with E-state index in [-0.39, 0.29) is 0 Å². The summed E-state index contributed by atoms with van der Waals surface area (Å²) in [6.45, 7) is 8.97. The molecule has 1 unspecified atom stereocenters. The minimum atomic E-state index is -0.428. The van der Waals surface area contributed by atoms with Crippen LogP contribution in [0, 0.1) is 13.8 Å². The van der Waals surface area contributed by atoms with Crippen molar-refractivity contribution in [1.29, 1.82) is 0 Å². The van der Waals surface area contributed by atoms with Crippen LogP contribution in [0.25, 0.3) is 0 Å². The minimum absolute atomic E-state index is 0.428. The first-order valence-corrected chi connectivity index (χ1v) is 7.25. The second-order valence-corrected chi connectivity index (χ2v) is 5.80. The number of benzene rings is 1.